The fourth-order valence-electron chi connectivity index (χ4n) is 2.72. The molecule has 0 unspecified atom stereocenters. The molecule has 0 amide bonds. The summed E-state index contributed by atoms with van der Waals surface area (Å²) in [4.78, 5) is 0. The van der Waals surface area contributed by atoms with E-state index in [4.69, 9.17) is 5.73 Å². The average Bonchev–Trinajstić information content (AvgIpc) is 2.21. The van der Waals surface area contributed by atoms with Gasteiger partial charge in [-0.3, -0.25) is 0 Å². The molecule has 110 valence electrons. The Morgan fingerprint density at radius 1 is 1.00 bits per heavy atom. The highest BCUT2D eigenvalue weighted by Crippen LogP contribution is 2.25. The van der Waals surface area contributed by atoms with Crippen LogP contribution in [-0.2, 0) is 0 Å². The summed E-state index contributed by atoms with van der Waals surface area (Å²) < 4.78 is 0. The molecule has 0 rings (SSSR count). The van der Waals surface area contributed by atoms with E-state index >= 15 is 0 Å². The fourth-order valence-corrected chi connectivity index (χ4v) is 2.72. The molecule has 0 bridgehead atoms. The molecule has 0 aliphatic heterocycles. The quantitative estimate of drug-likeness (QED) is 0.585. The van der Waals surface area contributed by atoms with Crippen molar-refractivity contribution in [3.63, 3.8) is 0 Å². The van der Waals surface area contributed by atoms with Gasteiger partial charge >= 0.3 is 0 Å². The largest absolute Gasteiger partial charge is 0.330 e. The van der Waals surface area contributed by atoms with Crippen LogP contribution in [-0.4, -0.2) is 19.6 Å². The molecule has 0 saturated heterocycles. The molecule has 2 heteroatoms. The standard InChI is InChI=1S/C16H36N2/c1-13(2)15(14(3)4)12-18-11-7-8-16(5,6)9-10-17/h13-15,18H,7-12,17H2,1-6H3. The van der Waals surface area contributed by atoms with E-state index in [1.807, 2.05) is 0 Å². The second-order valence-electron chi connectivity index (χ2n) is 7.16. The molecule has 0 heterocycles. The lowest BCUT2D eigenvalue weighted by Crippen LogP contribution is -2.31. The predicted octanol–water partition coefficient (Wildman–Crippen LogP) is 3.66. The van der Waals surface area contributed by atoms with Gasteiger partial charge in [0.1, 0.15) is 0 Å². The van der Waals surface area contributed by atoms with Crippen molar-refractivity contribution >= 4 is 0 Å². The first-order valence-electron chi connectivity index (χ1n) is 7.71. The van der Waals surface area contributed by atoms with Crippen molar-refractivity contribution in [3.05, 3.63) is 0 Å². The van der Waals surface area contributed by atoms with E-state index in [2.05, 4.69) is 46.9 Å². The highest BCUT2D eigenvalue weighted by molar-refractivity contribution is 4.72. The van der Waals surface area contributed by atoms with E-state index in [-0.39, 0.29) is 0 Å². The summed E-state index contributed by atoms with van der Waals surface area (Å²) in [5.41, 5.74) is 6.04. The van der Waals surface area contributed by atoms with Gasteiger partial charge in [-0.2, -0.15) is 0 Å². The van der Waals surface area contributed by atoms with Crippen LogP contribution in [0.2, 0.25) is 0 Å². The van der Waals surface area contributed by atoms with E-state index in [0.717, 1.165) is 43.8 Å². The Morgan fingerprint density at radius 3 is 2.00 bits per heavy atom. The molecule has 0 aromatic rings. The van der Waals surface area contributed by atoms with Crippen LogP contribution in [0.15, 0.2) is 0 Å². The van der Waals surface area contributed by atoms with E-state index in [1.165, 1.54) is 12.8 Å². The molecule has 0 radical (unpaired) electrons. The van der Waals surface area contributed by atoms with Gasteiger partial charge in [0.05, 0.1) is 0 Å². The Hall–Kier alpha value is -0.0800. The Kier molecular flexibility index (Phi) is 8.89. The molecular formula is C16H36N2. The van der Waals surface area contributed by atoms with Gasteiger partial charge in [-0.1, -0.05) is 41.5 Å². The topological polar surface area (TPSA) is 38.0 Å². The molecule has 0 spiro atoms. The first-order valence-corrected chi connectivity index (χ1v) is 7.71. The molecule has 18 heavy (non-hydrogen) atoms. The number of nitrogens with one attached hydrogen (secondary N) is 1. The van der Waals surface area contributed by atoms with Crippen molar-refractivity contribution in [1.82, 2.24) is 5.32 Å². The summed E-state index contributed by atoms with van der Waals surface area (Å²) in [6, 6.07) is 0. The summed E-state index contributed by atoms with van der Waals surface area (Å²) in [5, 5.41) is 3.63. The second-order valence-corrected chi connectivity index (χ2v) is 7.16. The van der Waals surface area contributed by atoms with Crippen molar-refractivity contribution in [3.8, 4) is 0 Å². The maximum Gasteiger partial charge on any atom is -0.00156 e. The third kappa shape index (κ3) is 8.10. The molecule has 0 atom stereocenters. The Bertz CT molecular complexity index is 189. The molecule has 0 saturated carbocycles. The first kappa shape index (κ1) is 17.9. The van der Waals surface area contributed by atoms with Crippen molar-refractivity contribution in [2.45, 2.75) is 60.8 Å². The molecule has 2 nitrogen and oxygen atoms in total. The number of rotatable bonds is 10. The third-order valence-corrected chi connectivity index (χ3v) is 4.12. The molecule has 3 N–H and O–H groups in total. The van der Waals surface area contributed by atoms with Crippen LogP contribution in [0.25, 0.3) is 0 Å². The molecule has 0 aliphatic carbocycles. The summed E-state index contributed by atoms with van der Waals surface area (Å²) in [6.07, 6.45) is 3.66. The SMILES string of the molecule is CC(C)C(CNCCCC(C)(C)CCN)C(C)C. The molecule has 0 aromatic heterocycles. The van der Waals surface area contributed by atoms with Crippen LogP contribution >= 0.6 is 0 Å². The van der Waals surface area contributed by atoms with Crippen molar-refractivity contribution in [2.75, 3.05) is 19.6 Å². The maximum absolute atomic E-state index is 5.64. The maximum atomic E-state index is 5.64. The van der Waals surface area contributed by atoms with E-state index in [9.17, 15) is 0 Å². The first-order chi connectivity index (χ1) is 8.30. The van der Waals surface area contributed by atoms with Gasteiger partial charge in [0.15, 0.2) is 0 Å². The van der Waals surface area contributed by atoms with Crippen LogP contribution in [0.5, 0.6) is 0 Å². The zero-order valence-electron chi connectivity index (χ0n) is 13.6. The van der Waals surface area contributed by atoms with Gasteiger partial charge in [0.25, 0.3) is 0 Å². The lowest BCUT2D eigenvalue weighted by Gasteiger charge is -2.26. The lowest BCUT2D eigenvalue weighted by atomic mass is 9.84. The molecule has 0 fully saturated rings. The predicted molar refractivity (Wildman–Crippen MR) is 82.7 cm³/mol. The van der Waals surface area contributed by atoms with E-state index in [1.54, 1.807) is 0 Å². The summed E-state index contributed by atoms with van der Waals surface area (Å²) in [6.45, 7) is 17.1. The molecular weight excluding hydrogens is 220 g/mol. The Labute approximate surface area is 115 Å². The minimum atomic E-state index is 0.409. The number of nitrogens with two attached hydrogens (primary N) is 1. The lowest BCUT2D eigenvalue weighted by molar-refractivity contribution is 0.267. The van der Waals surface area contributed by atoms with Crippen LogP contribution < -0.4 is 11.1 Å². The minimum absolute atomic E-state index is 0.409. The smallest absolute Gasteiger partial charge is 0.00156 e. The monoisotopic (exact) mass is 256 g/mol. The van der Waals surface area contributed by atoms with Gasteiger partial charge in [-0.15, -0.1) is 0 Å². The van der Waals surface area contributed by atoms with Crippen LogP contribution in [0.4, 0.5) is 0 Å². The third-order valence-electron chi connectivity index (χ3n) is 4.12. The van der Waals surface area contributed by atoms with Crippen LogP contribution in [0.3, 0.4) is 0 Å². The van der Waals surface area contributed by atoms with E-state index in [0.29, 0.717) is 5.41 Å². The van der Waals surface area contributed by atoms with Gasteiger partial charge < -0.3 is 11.1 Å². The number of hydrogen-bond acceptors (Lipinski definition) is 2. The van der Waals surface area contributed by atoms with Gasteiger partial charge in [0, 0.05) is 0 Å². The highest BCUT2D eigenvalue weighted by atomic mass is 14.9. The van der Waals surface area contributed by atoms with Crippen LogP contribution in [0, 0.1) is 23.2 Å². The van der Waals surface area contributed by atoms with Crippen molar-refractivity contribution in [2.24, 2.45) is 28.9 Å². The zero-order chi connectivity index (χ0) is 14.2. The highest BCUT2D eigenvalue weighted by Gasteiger charge is 2.18. The second kappa shape index (κ2) is 8.92. The summed E-state index contributed by atoms with van der Waals surface area (Å²) >= 11 is 0. The number of hydrogen-bond donors (Lipinski definition) is 2. The molecule has 0 aromatic carbocycles. The normalized spacial score (nSPS) is 13.0. The summed E-state index contributed by atoms with van der Waals surface area (Å²) in [5.74, 6) is 2.33. The Balaban J connectivity index is 3.73. The van der Waals surface area contributed by atoms with Crippen LogP contribution in [0.1, 0.15) is 60.8 Å². The zero-order valence-corrected chi connectivity index (χ0v) is 13.6. The van der Waals surface area contributed by atoms with Gasteiger partial charge in [-0.25, -0.2) is 0 Å². The summed E-state index contributed by atoms with van der Waals surface area (Å²) in [7, 11) is 0. The average molecular weight is 256 g/mol. The van der Waals surface area contributed by atoms with Crippen molar-refractivity contribution in [1.29, 1.82) is 0 Å². The van der Waals surface area contributed by atoms with Gasteiger partial charge in [0.2, 0.25) is 0 Å². The minimum Gasteiger partial charge on any atom is -0.330 e. The Morgan fingerprint density at radius 2 is 1.56 bits per heavy atom. The molecule has 0 aliphatic rings. The fraction of sp³-hybridized carbons (Fsp3) is 1.00. The van der Waals surface area contributed by atoms with Crippen molar-refractivity contribution < 1.29 is 0 Å². The van der Waals surface area contributed by atoms with E-state index < -0.39 is 0 Å². The van der Waals surface area contributed by atoms with Gasteiger partial charge in [-0.05, 0) is 62.1 Å².